The number of hydrogen-bond donors (Lipinski definition) is 2. The SMILES string of the molecule is COc1ccc(NC(=O)C(C)N2C(=O)C3C4CC(C3C2=O)C2C(c3ccc(OC)cc3)c3sc(=O)[nH]c3SC42)cc1. The first kappa shape index (κ1) is 26.3. The molecule has 0 spiro atoms. The molecule has 41 heavy (non-hydrogen) atoms. The predicted molar refractivity (Wildman–Crippen MR) is 154 cm³/mol. The van der Waals surface area contributed by atoms with Gasteiger partial charge < -0.3 is 19.8 Å². The third kappa shape index (κ3) is 3.96. The number of ether oxygens (including phenoxy) is 2. The number of benzene rings is 2. The number of thioether (sulfide) groups is 1. The summed E-state index contributed by atoms with van der Waals surface area (Å²) in [7, 11) is 3.19. The molecule has 2 aliphatic heterocycles. The Kier molecular flexibility index (Phi) is 6.27. The van der Waals surface area contributed by atoms with Gasteiger partial charge in [0.15, 0.2) is 0 Å². The molecule has 3 aromatic rings. The number of hydrogen-bond acceptors (Lipinski definition) is 8. The summed E-state index contributed by atoms with van der Waals surface area (Å²) in [6, 6.07) is 13.9. The number of carbonyl (C=O) groups excluding carboxylic acids is 3. The molecular weight excluding hydrogens is 562 g/mol. The first-order valence-electron chi connectivity index (χ1n) is 13.7. The van der Waals surface area contributed by atoms with Crippen molar-refractivity contribution >= 4 is 46.5 Å². The molecule has 2 bridgehead atoms. The number of likely N-dealkylation sites (tertiary alicyclic amines) is 1. The second-order valence-corrected chi connectivity index (χ2v) is 13.4. The number of aromatic amines is 1. The van der Waals surface area contributed by atoms with Crippen molar-refractivity contribution in [3.63, 3.8) is 0 Å². The summed E-state index contributed by atoms with van der Waals surface area (Å²) in [6.45, 7) is 1.61. The lowest BCUT2D eigenvalue weighted by molar-refractivity contribution is -0.146. The van der Waals surface area contributed by atoms with Crippen LogP contribution < -0.4 is 19.7 Å². The number of nitrogens with zero attached hydrogens (tertiary/aromatic N) is 1. The summed E-state index contributed by atoms with van der Waals surface area (Å²) in [6.07, 6.45) is 0.793. The highest BCUT2D eigenvalue weighted by molar-refractivity contribution is 8.00. The van der Waals surface area contributed by atoms with Crippen LogP contribution in [0.15, 0.2) is 58.4 Å². The van der Waals surface area contributed by atoms with Gasteiger partial charge in [-0.05, 0) is 73.1 Å². The van der Waals surface area contributed by atoms with Crippen LogP contribution in [-0.2, 0) is 14.4 Å². The number of rotatable bonds is 6. The van der Waals surface area contributed by atoms with Crippen LogP contribution in [0.3, 0.4) is 0 Å². The highest BCUT2D eigenvalue weighted by atomic mass is 32.2. The van der Waals surface area contributed by atoms with E-state index in [-0.39, 0.29) is 45.6 Å². The van der Waals surface area contributed by atoms with Gasteiger partial charge in [-0.25, -0.2) is 0 Å². The molecule has 3 amide bonds. The van der Waals surface area contributed by atoms with Gasteiger partial charge in [0.05, 0.1) is 31.1 Å². The van der Waals surface area contributed by atoms with E-state index in [1.165, 1.54) is 16.2 Å². The highest BCUT2D eigenvalue weighted by Crippen LogP contribution is 2.68. The number of H-pyrrole nitrogens is 1. The van der Waals surface area contributed by atoms with E-state index in [0.717, 1.165) is 27.6 Å². The minimum absolute atomic E-state index is 0.00407. The molecule has 2 aliphatic carbocycles. The fourth-order valence-corrected chi connectivity index (χ4v) is 10.5. The van der Waals surface area contributed by atoms with Crippen LogP contribution in [0.1, 0.15) is 29.7 Å². The van der Waals surface area contributed by atoms with E-state index in [4.69, 9.17) is 9.47 Å². The Labute approximate surface area is 244 Å². The molecule has 8 atom stereocenters. The fraction of sp³-hybridized carbons (Fsp3) is 0.400. The number of carbonyl (C=O) groups is 3. The summed E-state index contributed by atoms with van der Waals surface area (Å²) >= 11 is 2.88. The maximum absolute atomic E-state index is 14.0. The van der Waals surface area contributed by atoms with E-state index in [1.807, 2.05) is 24.3 Å². The van der Waals surface area contributed by atoms with Crippen LogP contribution in [0, 0.1) is 29.6 Å². The van der Waals surface area contributed by atoms with Crippen LogP contribution >= 0.6 is 23.1 Å². The van der Waals surface area contributed by atoms with E-state index < -0.39 is 23.8 Å². The number of methoxy groups -OCH3 is 2. The molecule has 2 aromatic carbocycles. The van der Waals surface area contributed by atoms with Gasteiger partial charge in [-0.2, -0.15) is 0 Å². The summed E-state index contributed by atoms with van der Waals surface area (Å²) < 4.78 is 10.5. The van der Waals surface area contributed by atoms with Crippen LogP contribution in [-0.4, -0.2) is 53.1 Å². The van der Waals surface area contributed by atoms with Crippen molar-refractivity contribution in [2.24, 2.45) is 29.6 Å². The summed E-state index contributed by atoms with van der Waals surface area (Å²) in [5, 5.41) is 3.79. The first-order chi connectivity index (χ1) is 19.8. The maximum atomic E-state index is 14.0. The largest absolute Gasteiger partial charge is 0.497 e. The number of aromatic nitrogens is 1. The van der Waals surface area contributed by atoms with Gasteiger partial charge in [0.2, 0.25) is 17.7 Å². The zero-order chi connectivity index (χ0) is 28.6. The molecule has 7 rings (SSSR count). The van der Waals surface area contributed by atoms with Crippen molar-refractivity contribution in [1.82, 2.24) is 9.88 Å². The standard InChI is InChI=1S/C30H29N3O6S2/c1-13(26(34)31-15-6-10-17(39-3)11-7-15)33-28(35)22-18-12-19(23(22)29(33)36)24-21(18)20(14-4-8-16(38-2)9-5-14)25-27(40-24)32-30(37)41-25/h4-11,13,18-24H,12H2,1-3H3,(H,31,34)(H,32,37). The van der Waals surface area contributed by atoms with Gasteiger partial charge in [-0.15, -0.1) is 11.8 Å². The van der Waals surface area contributed by atoms with Crippen molar-refractivity contribution in [3.8, 4) is 11.5 Å². The molecule has 3 fully saturated rings. The first-order valence-corrected chi connectivity index (χ1v) is 15.4. The zero-order valence-electron chi connectivity index (χ0n) is 22.7. The smallest absolute Gasteiger partial charge is 0.305 e. The van der Waals surface area contributed by atoms with Gasteiger partial charge in [-0.1, -0.05) is 23.5 Å². The predicted octanol–water partition coefficient (Wildman–Crippen LogP) is 3.95. The van der Waals surface area contributed by atoms with Crippen LogP contribution in [0.5, 0.6) is 11.5 Å². The number of fused-ring (bicyclic) bond motifs is 9. The normalized spacial score (nSPS) is 30.0. The molecule has 0 radical (unpaired) electrons. The van der Waals surface area contributed by atoms with Gasteiger partial charge >= 0.3 is 4.87 Å². The molecule has 1 saturated heterocycles. The molecule has 4 aliphatic rings. The minimum Gasteiger partial charge on any atom is -0.497 e. The van der Waals surface area contributed by atoms with Crippen LogP contribution in [0.4, 0.5) is 5.69 Å². The Bertz CT molecular complexity index is 1600. The maximum Gasteiger partial charge on any atom is 0.305 e. The Balaban J connectivity index is 1.19. The van der Waals surface area contributed by atoms with Gasteiger partial charge in [0.25, 0.3) is 0 Å². The monoisotopic (exact) mass is 591 g/mol. The second kappa shape index (κ2) is 9.77. The quantitative estimate of drug-likeness (QED) is 0.417. The van der Waals surface area contributed by atoms with Crippen LogP contribution in [0.25, 0.3) is 0 Å². The number of amides is 3. The molecule has 9 nitrogen and oxygen atoms in total. The Morgan fingerprint density at radius 3 is 2.20 bits per heavy atom. The summed E-state index contributed by atoms with van der Waals surface area (Å²) in [5.41, 5.74) is 1.63. The molecule has 2 N–H and O–H groups in total. The van der Waals surface area contributed by atoms with Crippen molar-refractivity contribution < 1.29 is 23.9 Å². The van der Waals surface area contributed by atoms with Gasteiger partial charge in [-0.3, -0.25) is 24.1 Å². The van der Waals surface area contributed by atoms with Gasteiger partial charge in [0, 0.05) is 21.7 Å². The van der Waals surface area contributed by atoms with Crippen molar-refractivity contribution in [2.75, 3.05) is 19.5 Å². The van der Waals surface area contributed by atoms with Gasteiger partial charge in [0.1, 0.15) is 17.5 Å². The van der Waals surface area contributed by atoms with E-state index in [0.29, 0.717) is 11.4 Å². The molecule has 8 unspecified atom stereocenters. The topological polar surface area (TPSA) is 118 Å². The molecular formula is C30H29N3O6S2. The van der Waals surface area contributed by atoms with E-state index >= 15 is 0 Å². The lowest BCUT2D eigenvalue weighted by Crippen LogP contribution is -2.46. The van der Waals surface area contributed by atoms with E-state index in [9.17, 15) is 19.2 Å². The lowest BCUT2D eigenvalue weighted by atomic mass is 9.68. The summed E-state index contributed by atoms with van der Waals surface area (Å²) in [4.78, 5) is 58.6. The molecule has 11 heteroatoms. The Morgan fingerprint density at radius 2 is 1.56 bits per heavy atom. The van der Waals surface area contributed by atoms with Crippen molar-refractivity contribution in [1.29, 1.82) is 0 Å². The van der Waals surface area contributed by atoms with E-state index in [2.05, 4.69) is 10.3 Å². The second-order valence-electron chi connectivity index (χ2n) is 11.2. The highest BCUT2D eigenvalue weighted by Gasteiger charge is 2.70. The fourth-order valence-electron chi connectivity index (χ4n) is 7.64. The average molecular weight is 592 g/mol. The molecule has 3 heterocycles. The molecule has 2 saturated carbocycles. The van der Waals surface area contributed by atoms with Crippen LogP contribution in [0.2, 0.25) is 0 Å². The number of nitrogens with one attached hydrogen (secondary N) is 2. The van der Waals surface area contributed by atoms with Crippen molar-refractivity contribution in [2.45, 2.75) is 35.6 Å². The number of anilines is 1. The van der Waals surface area contributed by atoms with Crippen molar-refractivity contribution in [3.05, 3.63) is 68.6 Å². The third-order valence-electron chi connectivity index (χ3n) is 9.36. The third-order valence-corrected chi connectivity index (χ3v) is 11.9. The summed E-state index contributed by atoms with van der Waals surface area (Å²) in [5.74, 6) is -0.391. The molecule has 1 aromatic heterocycles. The minimum atomic E-state index is -0.938. The van der Waals surface area contributed by atoms with E-state index in [1.54, 1.807) is 57.2 Å². The Hall–Kier alpha value is -3.57. The Morgan fingerprint density at radius 1 is 0.951 bits per heavy atom. The zero-order valence-corrected chi connectivity index (χ0v) is 24.3. The number of thiazole rings is 1. The number of imide groups is 1. The lowest BCUT2D eigenvalue weighted by Gasteiger charge is -2.43. The average Bonchev–Trinajstić information content (AvgIpc) is 3.72. The molecule has 212 valence electrons.